The second-order valence-electron chi connectivity index (χ2n) is 4.15. The van der Waals surface area contributed by atoms with Crippen LogP contribution in [0.25, 0.3) is 0 Å². The molecular formula is C12H15BrN2O2. The molecule has 0 aliphatic carbocycles. The number of hydrogen-bond donors (Lipinski definition) is 1. The highest BCUT2D eigenvalue weighted by molar-refractivity contribution is 9.10. The number of nitrogens with zero attached hydrogens (tertiary/aromatic N) is 1. The van der Waals surface area contributed by atoms with E-state index in [2.05, 4.69) is 15.9 Å². The molecule has 0 spiro atoms. The first-order valence-corrected chi connectivity index (χ1v) is 6.33. The minimum atomic E-state index is -0.469. The van der Waals surface area contributed by atoms with Gasteiger partial charge in [0.1, 0.15) is 12.4 Å². The number of fused-ring (bicyclic) bond motifs is 1. The topological polar surface area (TPSA) is 55.6 Å². The van der Waals surface area contributed by atoms with E-state index in [1.54, 1.807) is 11.8 Å². The van der Waals surface area contributed by atoms with Crippen molar-refractivity contribution in [1.82, 2.24) is 4.90 Å². The second-order valence-corrected chi connectivity index (χ2v) is 5.06. The van der Waals surface area contributed by atoms with Crippen molar-refractivity contribution in [2.75, 3.05) is 13.2 Å². The first-order valence-electron chi connectivity index (χ1n) is 5.53. The molecule has 2 N–H and O–H groups in total. The maximum atomic E-state index is 11.9. The molecule has 2 rings (SSSR count). The number of hydrogen-bond acceptors (Lipinski definition) is 3. The Hall–Kier alpha value is -1.07. The van der Waals surface area contributed by atoms with E-state index in [0.717, 1.165) is 15.8 Å². The van der Waals surface area contributed by atoms with Gasteiger partial charge in [-0.25, -0.2) is 0 Å². The average molecular weight is 299 g/mol. The summed E-state index contributed by atoms with van der Waals surface area (Å²) >= 11 is 3.42. The lowest BCUT2D eigenvalue weighted by Crippen LogP contribution is -2.42. The molecule has 1 aliphatic heterocycles. The highest BCUT2D eigenvalue weighted by atomic mass is 79.9. The quantitative estimate of drug-likeness (QED) is 0.855. The first kappa shape index (κ1) is 12.4. The smallest absolute Gasteiger partial charge is 0.239 e. The molecule has 1 atom stereocenters. The van der Waals surface area contributed by atoms with E-state index < -0.39 is 6.04 Å². The molecule has 1 amide bonds. The highest BCUT2D eigenvalue weighted by Crippen LogP contribution is 2.26. The monoisotopic (exact) mass is 298 g/mol. The van der Waals surface area contributed by atoms with Crippen LogP contribution < -0.4 is 10.5 Å². The lowest BCUT2D eigenvalue weighted by molar-refractivity contribution is -0.132. The zero-order valence-electron chi connectivity index (χ0n) is 9.65. The second kappa shape index (κ2) is 5.06. The van der Waals surface area contributed by atoms with Crippen molar-refractivity contribution in [1.29, 1.82) is 0 Å². The third kappa shape index (κ3) is 2.79. The highest BCUT2D eigenvalue weighted by Gasteiger charge is 2.21. The minimum Gasteiger partial charge on any atom is -0.491 e. The van der Waals surface area contributed by atoms with Gasteiger partial charge in [0.25, 0.3) is 0 Å². The SMILES string of the molecule is CC(N)C(=O)N1CCOc2ccc(Br)cc2C1. The van der Waals surface area contributed by atoms with Gasteiger partial charge in [0.2, 0.25) is 5.91 Å². The van der Waals surface area contributed by atoms with Crippen molar-refractivity contribution < 1.29 is 9.53 Å². The molecule has 92 valence electrons. The van der Waals surface area contributed by atoms with Gasteiger partial charge >= 0.3 is 0 Å². The van der Waals surface area contributed by atoms with Crippen molar-refractivity contribution >= 4 is 21.8 Å². The van der Waals surface area contributed by atoms with Crippen molar-refractivity contribution in [3.63, 3.8) is 0 Å². The Morgan fingerprint density at radius 3 is 3.06 bits per heavy atom. The molecule has 1 aliphatic rings. The summed E-state index contributed by atoms with van der Waals surface area (Å²) in [5.74, 6) is 0.801. The van der Waals surface area contributed by atoms with Crippen LogP contribution in [0.15, 0.2) is 22.7 Å². The number of carbonyl (C=O) groups excluding carboxylic acids is 1. The summed E-state index contributed by atoms with van der Waals surface area (Å²) in [5, 5.41) is 0. The van der Waals surface area contributed by atoms with E-state index in [4.69, 9.17) is 10.5 Å². The Balaban J connectivity index is 2.24. The molecule has 4 nitrogen and oxygen atoms in total. The summed E-state index contributed by atoms with van der Waals surface area (Å²) in [7, 11) is 0. The predicted octanol–water partition coefficient (Wildman–Crippen LogP) is 1.52. The third-order valence-corrected chi connectivity index (χ3v) is 3.20. The van der Waals surface area contributed by atoms with E-state index >= 15 is 0 Å². The number of benzene rings is 1. The van der Waals surface area contributed by atoms with Gasteiger partial charge in [-0.3, -0.25) is 4.79 Å². The Labute approximate surface area is 109 Å². The van der Waals surface area contributed by atoms with Crippen LogP contribution in [0.3, 0.4) is 0 Å². The molecule has 1 unspecified atom stereocenters. The number of amides is 1. The molecule has 5 heteroatoms. The van der Waals surface area contributed by atoms with E-state index in [9.17, 15) is 4.79 Å². The molecule has 0 saturated heterocycles. The fourth-order valence-electron chi connectivity index (χ4n) is 1.84. The van der Waals surface area contributed by atoms with E-state index in [1.165, 1.54) is 0 Å². The van der Waals surface area contributed by atoms with Gasteiger partial charge in [0, 0.05) is 16.6 Å². The fraction of sp³-hybridized carbons (Fsp3) is 0.417. The van der Waals surface area contributed by atoms with Gasteiger partial charge in [-0.1, -0.05) is 15.9 Å². The van der Waals surface area contributed by atoms with Crippen LogP contribution in [-0.2, 0) is 11.3 Å². The summed E-state index contributed by atoms with van der Waals surface area (Å²) in [6.45, 7) is 3.34. The van der Waals surface area contributed by atoms with E-state index in [-0.39, 0.29) is 5.91 Å². The summed E-state index contributed by atoms with van der Waals surface area (Å²) < 4.78 is 6.59. The molecule has 0 bridgehead atoms. The largest absolute Gasteiger partial charge is 0.491 e. The molecule has 1 aromatic carbocycles. The number of ether oxygens (including phenoxy) is 1. The summed E-state index contributed by atoms with van der Waals surface area (Å²) in [6.07, 6.45) is 0. The van der Waals surface area contributed by atoms with Gasteiger partial charge in [-0.15, -0.1) is 0 Å². The Kier molecular flexibility index (Phi) is 3.69. The number of nitrogens with two attached hydrogens (primary N) is 1. The van der Waals surface area contributed by atoms with Crippen LogP contribution in [0.1, 0.15) is 12.5 Å². The van der Waals surface area contributed by atoms with Crippen molar-refractivity contribution in [2.24, 2.45) is 5.73 Å². The fourth-order valence-corrected chi connectivity index (χ4v) is 2.25. The van der Waals surface area contributed by atoms with Crippen LogP contribution in [-0.4, -0.2) is 30.0 Å². The maximum absolute atomic E-state index is 11.9. The average Bonchev–Trinajstić information content (AvgIpc) is 2.49. The minimum absolute atomic E-state index is 0.0403. The Bertz CT molecular complexity index is 435. The van der Waals surface area contributed by atoms with E-state index in [1.807, 2.05) is 18.2 Å². The van der Waals surface area contributed by atoms with Crippen LogP contribution in [0.5, 0.6) is 5.75 Å². The third-order valence-electron chi connectivity index (χ3n) is 2.70. The van der Waals surface area contributed by atoms with Crippen LogP contribution in [0.4, 0.5) is 0 Å². The predicted molar refractivity (Wildman–Crippen MR) is 68.7 cm³/mol. The summed E-state index contributed by atoms with van der Waals surface area (Å²) in [6, 6.07) is 5.35. The van der Waals surface area contributed by atoms with Gasteiger partial charge in [-0.2, -0.15) is 0 Å². The molecule has 0 aromatic heterocycles. The lowest BCUT2D eigenvalue weighted by Gasteiger charge is -2.21. The molecule has 1 aromatic rings. The molecule has 0 radical (unpaired) electrons. The number of carbonyl (C=O) groups is 1. The Morgan fingerprint density at radius 1 is 1.59 bits per heavy atom. The molecule has 0 fully saturated rings. The van der Waals surface area contributed by atoms with Crippen molar-refractivity contribution in [2.45, 2.75) is 19.5 Å². The molecule has 17 heavy (non-hydrogen) atoms. The van der Waals surface area contributed by atoms with Gasteiger partial charge in [0.05, 0.1) is 12.6 Å². The van der Waals surface area contributed by atoms with Crippen molar-refractivity contribution in [3.8, 4) is 5.75 Å². The summed E-state index contributed by atoms with van der Waals surface area (Å²) in [4.78, 5) is 13.6. The van der Waals surface area contributed by atoms with Crippen LogP contribution >= 0.6 is 15.9 Å². The molecular weight excluding hydrogens is 284 g/mol. The maximum Gasteiger partial charge on any atom is 0.239 e. The molecule has 0 saturated carbocycles. The normalized spacial score (nSPS) is 16.8. The lowest BCUT2D eigenvalue weighted by atomic mass is 10.2. The van der Waals surface area contributed by atoms with Crippen LogP contribution in [0, 0.1) is 0 Å². The van der Waals surface area contributed by atoms with Crippen molar-refractivity contribution in [3.05, 3.63) is 28.2 Å². The Morgan fingerprint density at radius 2 is 2.35 bits per heavy atom. The summed E-state index contributed by atoms with van der Waals surface area (Å²) in [5.41, 5.74) is 6.63. The number of halogens is 1. The van der Waals surface area contributed by atoms with Gasteiger partial charge in [-0.05, 0) is 25.1 Å². The van der Waals surface area contributed by atoms with E-state index in [0.29, 0.717) is 19.7 Å². The first-order chi connectivity index (χ1) is 8.08. The van der Waals surface area contributed by atoms with Gasteiger partial charge in [0.15, 0.2) is 0 Å². The van der Waals surface area contributed by atoms with Gasteiger partial charge < -0.3 is 15.4 Å². The zero-order chi connectivity index (χ0) is 12.4. The zero-order valence-corrected chi connectivity index (χ0v) is 11.2. The standard InChI is InChI=1S/C12H15BrN2O2/c1-8(14)12(16)15-4-5-17-11-3-2-10(13)6-9(11)7-15/h2-3,6,8H,4-5,7,14H2,1H3. The molecule has 1 heterocycles. The van der Waals surface area contributed by atoms with Crippen LogP contribution in [0.2, 0.25) is 0 Å². The number of rotatable bonds is 1.